The van der Waals surface area contributed by atoms with Crippen LogP contribution in [0, 0.1) is 13.8 Å². The molecule has 0 aliphatic heterocycles. The van der Waals surface area contributed by atoms with Gasteiger partial charge in [0.1, 0.15) is 5.75 Å². The summed E-state index contributed by atoms with van der Waals surface area (Å²) in [6, 6.07) is 10.9. The Labute approximate surface area is 145 Å². The molecule has 0 saturated heterocycles. The SMILES string of the molecule is Cc1ccc(C)c(OCC(=O)N/N=C\c2ccc(Cl)c(Cl)c2)c1. The lowest BCUT2D eigenvalue weighted by molar-refractivity contribution is -0.123. The Hall–Kier alpha value is -2.04. The van der Waals surface area contributed by atoms with E-state index in [1.54, 1.807) is 18.2 Å². The Morgan fingerprint density at radius 1 is 1.17 bits per heavy atom. The predicted molar refractivity (Wildman–Crippen MR) is 93.6 cm³/mol. The summed E-state index contributed by atoms with van der Waals surface area (Å²) in [5.74, 6) is 0.343. The first-order chi connectivity index (χ1) is 11.0. The zero-order chi connectivity index (χ0) is 16.8. The van der Waals surface area contributed by atoms with Gasteiger partial charge in [-0.25, -0.2) is 5.43 Å². The summed E-state index contributed by atoms with van der Waals surface area (Å²) in [5, 5.41) is 4.76. The number of hydrogen-bond acceptors (Lipinski definition) is 3. The first kappa shape index (κ1) is 17.3. The zero-order valence-electron chi connectivity index (χ0n) is 12.8. The van der Waals surface area contributed by atoms with Crippen molar-refractivity contribution < 1.29 is 9.53 Å². The minimum absolute atomic E-state index is 0.108. The molecule has 0 spiro atoms. The fourth-order valence-corrected chi connectivity index (χ4v) is 2.12. The Morgan fingerprint density at radius 3 is 2.70 bits per heavy atom. The van der Waals surface area contributed by atoms with Gasteiger partial charge in [-0.2, -0.15) is 5.10 Å². The van der Waals surface area contributed by atoms with Crippen LogP contribution in [0.1, 0.15) is 16.7 Å². The van der Waals surface area contributed by atoms with Crippen LogP contribution in [0.5, 0.6) is 5.75 Å². The molecule has 2 aromatic carbocycles. The summed E-state index contributed by atoms with van der Waals surface area (Å²) in [6.45, 7) is 3.78. The second-order valence-electron chi connectivity index (χ2n) is 5.02. The monoisotopic (exact) mass is 350 g/mol. The van der Waals surface area contributed by atoms with Crippen LogP contribution in [0.2, 0.25) is 10.0 Å². The van der Waals surface area contributed by atoms with Gasteiger partial charge in [-0.3, -0.25) is 4.79 Å². The minimum Gasteiger partial charge on any atom is -0.483 e. The van der Waals surface area contributed by atoms with Crippen molar-refractivity contribution in [3.05, 3.63) is 63.1 Å². The molecule has 0 heterocycles. The van der Waals surface area contributed by atoms with Gasteiger partial charge in [-0.05, 0) is 48.7 Å². The molecule has 0 bridgehead atoms. The van der Waals surface area contributed by atoms with Gasteiger partial charge >= 0.3 is 0 Å². The number of carbonyl (C=O) groups is 1. The molecule has 1 N–H and O–H groups in total. The van der Waals surface area contributed by atoms with Gasteiger partial charge in [0.05, 0.1) is 16.3 Å². The van der Waals surface area contributed by atoms with Gasteiger partial charge in [0.25, 0.3) is 5.91 Å². The first-order valence-corrected chi connectivity index (χ1v) is 7.68. The van der Waals surface area contributed by atoms with Crippen LogP contribution in [0.25, 0.3) is 0 Å². The van der Waals surface area contributed by atoms with E-state index in [2.05, 4.69) is 10.5 Å². The van der Waals surface area contributed by atoms with Crippen LogP contribution >= 0.6 is 23.2 Å². The normalized spacial score (nSPS) is 10.8. The molecule has 6 heteroatoms. The van der Waals surface area contributed by atoms with Gasteiger partial charge in [0, 0.05) is 0 Å². The maximum Gasteiger partial charge on any atom is 0.277 e. The topological polar surface area (TPSA) is 50.7 Å². The average Bonchev–Trinajstić information content (AvgIpc) is 2.52. The van der Waals surface area contributed by atoms with E-state index in [9.17, 15) is 4.79 Å². The van der Waals surface area contributed by atoms with Crippen LogP contribution in [-0.4, -0.2) is 18.7 Å². The van der Waals surface area contributed by atoms with Gasteiger partial charge in [0.15, 0.2) is 6.61 Å². The Bertz CT molecular complexity index is 745. The molecule has 23 heavy (non-hydrogen) atoms. The fourth-order valence-electron chi connectivity index (χ4n) is 1.81. The highest BCUT2D eigenvalue weighted by Gasteiger charge is 2.04. The highest BCUT2D eigenvalue weighted by molar-refractivity contribution is 6.42. The average molecular weight is 351 g/mol. The number of hydrazone groups is 1. The molecule has 2 rings (SSSR count). The lowest BCUT2D eigenvalue weighted by Crippen LogP contribution is -2.24. The van der Waals surface area contributed by atoms with E-state index in [0.29, 0.717) is 15.8 Å². The summed E-state index contributed by atoms with van der Waals surface area (Å²) < 4.78 is 5.49. The highest BCUT2D eigenvalue weighted by Crippen LogP contribution is 2.21. The number of carbonyl (C=O) groups excluding carboxylic acids is 1. The van der Waals surface area contributed by atoms with E-state index in [0.717, 1.165) is 16.7 Å². The van der Waals surface area contributed by atoms with E-state index < -0.39 is 0 Å². The lowest BCUT2D eigenvalue weighted by atomic mass is 10.1. The Kier molecular flexibility index (Phi) is 6.02. The van der Waals surface area contributed by atoms with Crippen LogP contribution in [0.15, 0.2) is 41.5 Å². The van der Waals surface area contributed by atoms with Crippen molar-refractivity contribution >= 4 is 35.3 Å². The van der Waals surface area contributed by atoms with Crippen molar-refractivity contribution in [2.24, 2.45) is 5.10 Å². The third-order valence-corrected chi connectivity index (χ3v) is 3.79. The molecule has 0 atom stereocenters. The molecular weight excluding hydrogens is 335 g/mol. The number of aryl methyl sites for hydroxylation is 2. The minimum atomic E-state index is -0.345. The molecule has 2 aromatic rings. The quantitative estimate of drug-likeness (QED) is 0.650. The van der Waals surface area contributed by atoms with Gasteiger partial charge in [-0.15, -0.1) is 0 Å². The first-order valence-electron chi connectivity index (χ1n) is 6.92. The summed E-state index contributed by atoms with van der Waals surface area (Å²) >= 11 is 11.7. The maximum atomic E-state index is 11.7. The maximum absolute atomic E-state index is 11.7. The molecular formula is C17H16Cl2N2O2. The van der Waals surface area contributed by atoms with Crippen LogP contribution in [0.3, 0.4) is 0 Å². The summed E-state index contributed by atoms with van der Waals surface area (Å²) in [4.78, 5) is 11.7. The van der Waals surface area contributed by atoms with E-state index >= 15 is 0 Å². The molecule has 0 radical (unpaired) electrons. The Morgan fingerprint density at radius 2 is 1.96 bits per heavy atom. The standard InChI is InChI=1S/C17H16Cl2N2O2/c1-11-3-4-12(2)16(7-11)23-10-17(22)21-20-9-13-5-6-14(18)15(19)8-13/h3-9H,10H2,1-2H3,(H,21,22)/b20-9-. The fraction of sp³-hybridized carbons (Fsp3) is 0.176. The van der Waals surface area contributed by atoms with E-state index in [4.69, 9.17) is 27.9 Å². The van der Waals surface area contributed by atoms with Crippen LogP contribution in [-0.2, 0) is 4.79 Å². The third kappa shape index (κ3) is 5.27. The smallest absolute Gasteiger partial charge is 0.277 e. The van der Waals surface area contributed by atoms with E-state index in [-0.39, 0.29) is 12.5 Å². The number of nitrogens with one attached hydrogen (secondary N) is 1. The summed E-state index contributed by atoms with van der Waals surface area (Å²) in [7, 11) is 0. The number of ether oxygens (including phenoxy) is 1. The molecule has 0 unspecified atom stereocenters. The van der Waals surface area contributed by atoms with Crippen molar-refractivity contribution in [1.29, 1.82) is 0 Å². The molecule has 0 aliphatic rings. The largest absolute Gasteiger partial charge is 0.483 e. The van der Waals surface area contributed by atoms with Crippen molar-refractivity contribution in [2.75, 3.05) is 6.61 Å². The van der Waals surface area contributed by atoms with Gasteiger partial charge in [0.2, 0.25) is 0 Å². The van der Waals surface area contributed by atoms with Crippen molar-refractivity contribution in [2.45, 2.75) is 13.8 Å². The second-order valence-corrected chi connectivity index (χ2v) is 5.84. The predicted octanol–water partition coefficient (Wildman–Crippen LogP) is 4.14. The number of hydrogen-bond donors (Lipinski definition) is 1. The molecule has 0 aliphatic carbocycles. The molecule has 1 amide bonds. The number of rotatable bonds is 5. The van der Waals surface area contributed by atoms with Gasteiger partial charge in [-0.1, -0.05) is 41.4 Å². The van der Waals surface area contributed by atoms with E-state index in [1.807, 2.05) is 32.0 Å². The number of nitrogens with zero attached hydrogens (tertiary/aromatic N) is 1. The summed E-state index contributed by atoms with van der Waals surface area (Å²) in [5.41, 5.74) is 5.18. The summed E-state index contributed by atoms with van der Waals surface area (Å²) in [6.07, 6.45) is 1.48. The molecule has 120 valence electrons. The molecule has 0 aromatic heterocycles. The van der Waals surface area contributed by atoms with Crippen LogP contribution in [0.4, 0.5) is 0 Å². The molecule has 0 fully saturated rings. The van der Waals surface area contributed by atoms with Crippen molar-refractivity contribution in [1.82, 2.24) is 5.43 Å². The molecule has 0 saturated carbocycles. The van der Waals surface area contributed by atoms with Crippen molar-refractivity contribution in [3.8, 4) is 5.75 Å². The zero-order valence-corrected chi connectivity index (χ0v) is 14.3. The van der Waals surface area contributed by atoms with Crippen molar-refractivity contribution in [3.63, 3.8) is 0 Å². The number of amides is 1. The third-order valence-electron chi connectivity index (χ3n) is 3.05. The Balaban J connectivity index is 1.86. The highest BCUT2D eigenvalue weighted by atomic mass is 35.5. The van der Waals surface area contributed by atoms with E-state index in [1.165, 1.54) is 6.21 Å². The lowest BCUT2D eigenvalue weighted by Gasteiger charge is -2.08. The van der Waals surface area contributed by atoms with Crippen LogP contribution < -0.4 is 10.2 Å². The number of halogens is 2. The second kappa shape index (κ2) is 7.99. The molecule has 4 nitrogen and oxygen atoms in total. The van der Waals surface area contributed by atoms with Gasteiger partial charge < -0.3 is 4.74 Å². The number of benzene rings is 2.